The van der Waals surface area contributed by atoms with Crippen LogP contribution < -0.4 is 5.32 Å². The molecule has 1 rings (SSSR count). The van der Waals surface area contributed by atoms with Crippen LogP contribution in [0.4, 0.5) is 5.13 Å². The molecule has 2 unspecified atom stereocenters. The van der Waals surface area contributed by atoms with Gasteiger partial charge in [0, 0.05) is 10.8 Å². The third-order valence-corrected chi connectivity index (χ3v) is 4.22. The van der Waals surface area contributed by atoms with Gasteiger partial charge in [0.15, 0.2) is 0 Å². The first-order valence-electron chi connectivity index (χ1n) is 5.31. The van der Waals surface area contributed by atoms with Gasteiger partial charge in [0.25, 0.3) is 0 Å². The summed E-state index contributed by atoms with van der Waals surface area (Å²) in [6.45, 7) is 1.46. The summed E-state index contributed by atoms with van der Waals surface area (Å²) in [5.74, 6) is -0.810. The fourth-order valence-electron chi connectivity index (χ4n) is 1.07. The highest BCUT2D eigenvalue weighted by Crippen LogP contribution is 2.15. The molecule has 1 aromatic rings. The average molecular weight is 293 g/mol. The third-order valence-electron chi connectivity index (χ3n) is 1.90. The van der Waals surface area contributed by atoms with Crippen molar-refractivity contribution in [3.8, 4) is 0 Å². The number of carbonyl (C=O) groups excluding carboxylic acids is 1. The number of hydrogen-bond donors (Lipinski definition) is 3. The molecule has 9 heteroatoms. The van der Waals surface area contributed by atoms with Crippen LogP contribution in [0.2, 0.25) is 0 Å². The Morgan fingerprint density at radius 2 is 2.28 bits per heavy atom. The molecule has 0 bridgehead atoms. The number of aliphatic hydroxyl groups excluding tert-OH is 2. The number of amides is 1. The number of rotatable bonds is 7. The van der Waals surface area contributed by atoms with E-state index in [0.717, 1.165) is 11.4 Å². The predicted octanol–water partition coefficient (Wildman–Crippen LogP) is -0.859. The van der Waals surface area contributed by atoms with E-state index in [4.69, 9.17) is 10.2 Å². The minimum absolute atomic E-state index is 0.125. The highest BCUT2D eigenvalue weighted by atomic mass is 32.2. The van der Waals surface area contributed by atoms with E-state index in [9.17, 15) is 9.00 Å². The van der Waals surface area contributed by atoms with Crippen molar-refractivity contribution < 1.29 is 19.2 Å². The number of anilines is 1. The number of aliphatic hydroxyl groups is 2. The summed E-state index contributed by atoms with van der Waals surface area (Å²) in [5, 5.41) is 28.9. The number of nitrogens with one attached hydrogen (secondary N) is 1. The summed E-state index contributed by atoms with van der Waals surface area (Å²) >= 11 is 1.26. The van der Waals surface area contributed by atoms with Gasteiger partial charge in [-0.15, -0.1) is 10.2 Å². The van der Waals surface area contributed by atoms with E-state index in [1.165, 1.54) is 11.3 Å². The van der Waals surface area contributed by atoms with Gasteiger partial charge in [0.1, 0.15) is 10.8 Å². The van der Waals surface area contributed by atoms with Gasteiger partial charge >= 0.3 is 0 Å². The highest BCUT2D eigenvalue weighted by Gasteiger charge is 2.14. The van der Waals surface area contributed by atoms with E-state index in [2.05, 4.69) is 15.5 Å². The van der Waals surface area contributed by atoms with Gasteiger partial charge in [0.2, 0.25) is 11.0 Å². The molecule has 0 fully saturated rings. The summed E-state index contributed by atoms with van der Waals surface area (Å²) in [6, 6.07) is 0. The minimum Gasteiger partial charge on any atom is -0.394 e. The standard InChI is InChI=1S/C9H15N3O4S2/c1-2-8-11-12-9(17-8)10-7(15)5-18(16)4-6(14)3-13/h6,13-14H,2-5H2,1H3,(H,10,12,15). The lowest BCUT2D eigenvalue weighted by Gasteiger charge is -2.06. The van der Waals surface area contributed by atoms with Gasteiger partial charge in [-0.1, -0.05) is 18.3 Å². The van der Waals surface area contributed by atoms with E-state index < -0.39 is 29.4 Å². The topological polar surface area (TPSA) is 112 Å². The van der Waals surface area contributed by atoms with Crippen LogP contribution in [0, 0.1) is 0 Å². The second-order valence-corrected chi connectivity index (χ2v) is 6.05. The Labute approximate surface area is 111 Å². The SMILES string of the molecule is CCc1nnc(NC(=O)CS(=O)CC(O)CO)s1. The van der Waals surface area contributed by atoms with Crippen molar-refractivity contribution in [2.45, 2.75) is 19.4 Å². The Bertz CT molecular complexity index is 424. The summed E-state index contributed by atoms with van der Waals surface area (Å²) in [4.78, 5) is 11.5. The van der Waals surface area contributed by atoms with E-state index in [0.29, 0.717) is 5.13 Å². The van der Waals surface area contributed by atoms with Crippen LogP contribution in [0.1, 0.15) is 11.9 Å². The van der Waals surface area contributed by atoms with Crippen LogP contribution in [0.25, 0.3) is 0 Å². The van der Waals surface area contributed by atoms with Gasteiger partial charge in [-0.2, -0.15) is 0 Å². The van der Waals surface area contributed by atoms with Crippen LogP contribution in [-0.4, -0.2) is 54.7 Å². The predicted molar refractivity (Wildman–Crippen MR) is 68.9 cm³/mol. The van der Waals surface area contributed by atoms with Gasteiger partial charge in [-0.05, 0) is 6.42 Å². The van der Waals surface area contributed by atoms with Gasteiger partial charge < -0.3 is 10.2 Å². The minimum atomic E-state index is -1.51. The molecule has 2 atom stereocenters. The highest BCUT2D eigenvalue weighted by molar-refractivity contribution is 7.85. The molecule has 18 heavy (non-hydrogen) atoms. The summed E-state index contributed by atoms with van der Waals surface area (Å²) < 4.78 is 11.4. The lowest BCUT2D eigenvalue weighted by atomic mass is 10.4. The Morgan fingerprint density at radius 3 is 2.83 bits per heavy atom. The Morgan fingerprint density at radius 1 is 1.56 bits per heavy atom. The monoisotopic (exact) mass is 293 g/mol. The van der Waals surface area contributed by atoms with Crippen molar-refractivity contribution >= 4 is 33.2 Å². The summed E-state index contributed by atoms with van der Waals surface area (Å²) in [5.41, 5.74) is 0. The molecule has 0 spiro atoms. The van der Waals surface area contributed by atoms with Crippen molar-refractivity contribution in [2.24, 2.45) is 0 Å². The molecule has 3 N–H and O–H groups in total. The van der Waals surface area contributed by atoms with Crippen molar-refractivity contribution in [2.75, 3.05) is 23.4 Å². The second kappa shape index (κ2) is 7.52. The van der Waals surface area contributed by atoms with Gasteiger partial charge in [-0.25, -0.2) is 0 Å². The maximum atomic E-state index is 11.5. The molecule has 1 aromatic heterocycles. The molecular formula is C9H15N3O4S2. The van der Waals surface area contributed by atoms with Gasteiger partial charge in [-0.3, -0.25) is 14.3 Å². The molecule has 0 aliphatic rings. The molecule has 0 saturated heterocycles. The first-order chi connectivity index (χ1) is 8.55. The largest absolute Gasteiger partial charge is 0.394 e. The van der Waals surface area contributed by atoms with Crippen LogP contribution in [-0.2, 0) is 22.0 Å². The molecule has 0 aliphatic heterocycles. The first kappa shape index (κ1) is 15.2. The Kier molecular flexibility index (Phi) is 6.33. The second-order valence-electron chi connectivity index (χ2n) is 3.49. The first-order valence-corrected chi connectivity index (χ1v) is 7.61. The summed E-state index contributed by atoms with van der Waals surface area (Å²) in [6.07, 6.45) is -0.325. The normalized spacial score (nSPS) is 14.2. The zero-order valence-corrected chi connectivity index (χ0v) is 11.5. The summed E-state index contributed by atoms with van der Waals surface area (Å²) in [7, 11) is -1.51. The fourth-order valence-corrected chi connectivity index (χ4v) is 2.79. The van der Waals surface area contributed by atoms with Crippen LogP contribution in [0.5, 0.6) is 0 Å². The molecule has 1 heterocycles. The smallest absolute Gasteiger partial charge is 0.238 e. The molecule has 0 aliphatic carbocycles. The number of aromatic nitrogens is 2. The van der Waals surface area contributed by atoms with Gasteiger partial charge in [0.05, 0.1) is 18.5 Å². The molecule has 1 amide bonds. The maximum absolute atomic E-state index is 11.5. The van der Waals surface area contributed by atoms with Crippen molar-refractivity contribution in [3.05, 3.63) is 5.01 Å². The molecule has 0 aromatic carbocycles. The number of carbonyl (C=O) groups is 1. The maximum Gasteiger partial charge on any atom is 0.238 e. The van der Waals surface area contributed by atoms with E-state index in [-0.39, 0.29) is 11.5 Å². The average Bonchev–Trinajstić information content (AvgIpc) is 2.75. The zero-order chi connectivity index (χ0) is 13.5. The van der Waals surface area contributed by atoms with E-state index >= 15 is 0 Å². The van der Waals surface area contributed by atoms with E-state index in [1.54, 1.807) is 0 Å². The fraction of sp³-hybridized carbons (Fsp3) is 0.667. The van der Waals surface area contributed by atoms with Crippen LogP contribution in [0.15, 0.2) is 0 Å². The van der Waals surface area contributed by atoms with Crippen molar-refractivity contribution in [1.29, 1.82) is 0 Å². The lowest BCUT2D eigenvalue weighted by molar-refractivity contribution is -0.113. The number of nitrogens with zero attached hydrogens (tertiary/aromatic N) is 2. The number of hydrogen-bond acceptors (Lipinski definition) is 7. The molecule has 0 saturated carbocycles. The lowest BCUT2D eigenvalue weighted by Crippen LogP contribution is -2.27. The Hall–Kier alpha value is -0.900. The third kappa shape index (κ3) is 5.17. The van der Waals surface area contributed by atoms with Crippen molar-refractivity contribution in [1.82, 2.24) is 10.2 Å². The number of aryl methyl sites for hydroxylation is 1. The van der Waals surface area contributed by atoms with Crippen molar-refractivity contribution in [3.63, 3.8) is 0 Å². The van der Waals surface area contributed by atoms with Crippen LogP contribution in [0.3, 0.4) is 0 Å². The molecular weight excluding hydrogens is 278 g/mol. The molecule has 102 valence electrons. The zero-order valence-electron chi connectivity index (χ0n) is 9.83. The quantitative estimate of drug-likeness (QED) is 0.603. The molecule has 7 nitrogen and oxygen atoms in total. The Balaban J connectivity index is 2.39. The van der Waals surface area contributed by atoms with E-state index in [1.807, 2.05) is 6.92 Å². The molecule has 0 radical (unpaired) electrons. The van der Waals surface area contributed by atoms with Crippen LogP contribution >= 0.6 is 11.3 Å².